The SMILES string of the molecule is CCc1cc(OCc2ccc(-c3ccccc3-c3nn[nH]n3)cc2Cl)c2c(n1)CCCC2. The van der Waals surface area contributed by atoms with E-state index in [0.29, 0.717) is 17.5 Å². The molecule has 0 unspecified atom stereocenters. The maximum Gasteiger partial charge on any atom is 0.205 e. The Morgan fingerprint density at radius 2 is 1.88 bits per heavy atom. The van der Waals surface area contributed by atoms with Gasteiger partial charge in [0, 0.05) is 39.2 Å². The highest BCUT2D eigenvalue weighted by Gasteiger charge is 2.18. The normalized spacial score (nSPS) is 13.1. The fourth-order valence-corrected chi connectivity index (χ4v) is 4.46. The average Bonchev–Trinajstić information content (AvgIpc) is 3.38. The first-order valence-electron chi connectivity index (χ1n) is 11.0. The summed E-state index contributed by atoms with van der Waals surface area (Å²) in [4.78, 5) is 4.82. The zero-order valence-corrected chi connectivity index (χ0v) is 18.7. The molecule has 1 aliphatic rings. The summed E-state index contributed by atoms with van der Waals surface area (Å²) >= 11 is 6.68. The Labute approximate surface area is 192 Å². The van der Waals surface area contributed by atoms with Crippen molar-refractivity contribution in [3.05, 3.63) is 76.1 Å². The van der Waals surface area contributed by atoms with Crippen molar-refractivity contribution in [2.45, 2.75) is 45.6 Å². The van der Waals surface area contributed by atoms with E-state index in [0.717, 1.165) is 53.0 Å². The van der Waals surface area contributed by atoms with Crippen molar-refractivity contribution in [1.82, 2.24) is 25.6 Å². The van der Waals surface area contributed by atoms with Crippen LogP contribution in [0.1, 0.15) is 42.3 Å². The summed E-state index contributed by atoms with van der Waals surface area (Å²) < 4.78 is 6.29. The zero-order chi connectivity index (χ0) is 21.9. The first-order valence-corrected chi connectivity index (χ1v) is 11.4. The second-order valence-corrected chi connectivity index (χ2v) is 8.38. The van der Waals surface area contributed by atoms with E-state index >= 15 is 0 Å². The number of nitrogens with one attached hydrogen (secondary N) is 1. The maximum atomic E-state index is 6.68. The van der Waals surface area contributed by atoms with Gasteiger partial charge in [-0.1, -0.05) is 54.9 Å². The molecule has 0 amide bonds. The van der Waals surface area contributed by atoms with Crippen LogP contribution in [0.5, 0.6) is 5.75 Å². The minimum Gasteiger partial charge on any atom is -0.488 e. The number of aryl methyl sites for hydroxylation is 2. The van der Waals surface area contributed by atoms with Crippen LogP contribution < -0.4 is 4.74 Å². The second kappa shape index (κ2) is 9.09. The number of aromatic amines is 1. The number of nitrogens with zero attached hydrogens (tertiary/aromatic N) is 4. The molecule has 32 heavy (non-hydrogen) atoms. The van der Waals surface area contributed by atoms with E-state index in [1.807, 2.05) is 36.4 Å². The van der Waals surface area contributed by atoms with Gasteiger partial charge in [-0.3, -0.25) is 4.98 Å². The number of pyridine rings is 1. The van der Waals surface area contributed by atoms with Crippen molar-refractivity contribution in [3.8, 4) is 28.3 Å². The molecule has 2 aromatic heterocycles. The molecule has 2 aromatic carbocycles. The molecule has 0 aliphatic heterocycles. The molecule has 162 valence electrons. The van der Waals surface area contributed by atoms with Gasteiger partial charge in [0.25, 0.3) is 0 Å². The van der Waals surface area contributed by atoms with E-state index in [1.54, 1.807) is 0 Å². The molecule has 0 radical (unpaired) electrons. The molecule has 0 saturated heterocycles. The van der Waals surface area contributed by atoms with Gasteiger partial charge < -0.3 is 4.74 Å². The van der Waals surface area contributed by atoms with Crippen molar-refractivity contribution in [2.75, 3.05) is 0 Å². The molecule has 1 N–H and O–H groups in total. The Morgan fingerprint density at radius 3 is 2.66 bits per heavy atom. The first kappa shape index (κ1) is 20.6. The van der Waals surface area contributed by atoms with Gasteiger partial charge in [-0.05, 0) is 54.5 Å². The lowest BCUT2D eigenvalue weighted by molar-refractivity contribution is 0.300. The van der Waals surface area contributed by atoms with Crippen LogP contribution in [-0.2, 0) is 25.9 Å². The summed E-state index contributed by atoms with van der Waals surface area (Å²) in [7, 11) is 0. The number of aromatic nitrogens is 5. The van der Waals surface area contributed by atoms with Crippen LogP contribution in [0.3, 0.4) is 0 Å². The van der Waals surface area contributed by atoms with E-state index in [1.165, 1.54) is 24.1 Å². The Hall–Kier alpha value is -3.25. The highest BCUT2D eigenvalue weighted by Crippen LogP contribution is 2.34. The predicted octanol–water partition coefficient (Wildman–Crippen LogP) is 5.60. The summed E-state index contributed by atoms with van der Waals surface area (Å²) in [6.07, 6.45) is 5.35. The van der Waals surface area contributed by atoms with Gasteiger partial charge in [0.2, 0.25) is 5.82 Å². The molecule has 7 heteroatoms. The van der Waals surface area contributed by atoms with Gasteiger partial charge in [-0.15, -0.1) is 10.2 Å². The van der Waals surface area contributed by atoms with Crippen LogP contribution in [0, 0.1) is 0 Å². The third kappa shape index (κ3) is 4.10. The fraction of sp³-hybridized carbons (Fsp3) is 0.280. The van der Waals surface area contributed by atoms with E-state index in [9.17, 15) is 0 Å². The predicted molar refractivity (Wildman–Crippen MR) is 125 cm³/mol. The van der Waals surface area contributed by atoms with Gasteiger partial charge in [0.05, 0.1) is 0 Å². The lowest BCUT2D eigenvalue weighted by atomic mass is 9.94. The lowest BCUT2D eigenvalue weighted by Gasteiger charge is -2.20. The summed E-state index contributed by atoms with van der Waals surface area (Å²) in [5.41, 5.74) is 7.39. The number of ether oxygens (including phenoxy) is 1. The molecule has 6 nitrogen and oxygen atoms in total. The number of rotatable bonds is 6. The standard InChI is InChI=1S/C25H24ClN5O/c1-2-18-14-24(21-9-5-6-10-23(21)27-18)32-15-17-12-11-16(13-22(17)26)19-7-3-4-8-20(19)25-28-30-31-29-25/h3-4,7-8,11-14H,2,5-6,9-10,15H2,1H3,(H,28,29,30,31). The number of hydrogen-bond acceptors (Lipinski definition) is 5. The topological polar surface area (TPSA) is 76.6 Å². The lowest BCUT2D eigenvalue weighted by Crippen LogP contribution is -2.10. The van der Waals surface area contributed by atoms with Crippen LogP contribution >= 0.6 is 11.6 Å². The molecule has 0 spiro atoms. The summed E-state index contributed by atoms with van der Waals surface area (Å²) in [5, 5.41) is 15.1. The molecule has 0 fully saturated rings. The average molecular weight is 446 g/mol. The minimum absolute atomic E-state index is 0.422. The zero-order valence-electron chi connectivity index (χ0n) is 17.9. The number of halogens is 1. The van der Waals surface area contributed by atoms with Crippen molar-refractivity contribution in [3.63, 3.8) is 0 Å². The molecule has 0 bridgehead atoms. The molecule has 2 heterocycles. The molecule has 5 rings (SSSR count). The van der Waals surface area contributed by atoms with Gasteiger partial charge >= 0.3 is 0 Å². The van der Waals surface area contributed by atoms with E-state index < -0.39 is 0 Å². The Morgan fingerprint density at radius 1 is 1.03 bits per heavy atom. The van der Waals surface area contributed by atoms with E-state index in [4.69, 9.17) is 21.3 Å². The smallest absolute Gasteiger partial charge is 0.205 e. The van der Waals surface area contributed by atoms with Crippen molar-refractivity contribution in [2.24, 2.45) is 0 Å². The van der Waals surface area contributed by atoms with E-state index in [-0.39, 0.29) is 0 Å². The third-order valence-electron chi connectivity index (χ3n) is 5.94. The molecular weight excluding hydrogens is 422 g/mol. The second-order valence-electron chi connectivity index (χ2n) is 7.97. The minimum atomic E-state index is 0.422. The van der Waals surface area contributed by atoms with Crippen LogP contribution in [0.15, 0.2) is 48.5 Å². The monoisotopic (exact) mass is 445 g/mol. The number of fused-ring (bicyclic) bond motifs is 1. The quantitative estimate of drug-likeness (QED) is 0.418. The Bertz CT molecular complexity index is 1240. The van der Waals surface area contributed by atoms with Crippen molar-refractivity contribution >= 4 is 11.6 Å². The Balaban J connectivity index is 1.40. The highest BCUT2D eigenvalue weighted by molar-refractivity contribution is 6.31. The Kier molecular flexibility index (Phi) is 5.86. The van der Waals surface area contributed by atoms with Gasteiger partial charge in [-0.25, -0.2) is 0 Å². The summed E-state index contributed by atoms with van der Waals surface area (Å²) in [6, 6.07) is 16.1. The van der Waals surface area contributed by atoms with Crippen LogP contribution in [-0.4, -0.2) is 25.6 Å². The van der Waals surface area contributed by atoms with Crippen molar-refractivity contribution in [1.29, 1.82) is 0 Å². The largest absolute Gasteiger partial charge is 0.488 e. The number of benzene rings is 2. The number of hydrogen-bond donors (Lipinski definition) is 1. The molecule has 4 aromatic rings. The van der Waals surface area contributed by atoms with Gasteiger partial charge in [0.1, 0.15) is 12.4 Å². The maximum absolute atomic E-state index is 6.68. The van der Waals surface area contributed by atoms with Crippen LogP contribution in [0.25, 0.3) is 22.5 Å². The molecule has 1 aliphatic carbocycles. The van der Waals surface area contributed by atoms with Crippen LogP contribution in [0.4, 0.5) is 0 Å². The van der Waals surface area contributed by atoms with Gasteiger partial charge in [-0.2, -0.15) is 5.21 Å². The number of tetrazole rings is 1. The van der Waals surface area contributed by atoms with Crippen LogP contribution in [0.2, 0.25) is 5.02 Å². The summed E-state index contributed by atoms with van der Waals surface area (Å²) in [6.45, 7) is 2.55. The fourth-order valence-electron chi connectivity index (χ4n) is 4.23. The molecule has 0 atom stereocenters. The summed E-state index contributed by atoms with van der Waals surface area (Å²) in [5.74, 6) is 1.51. The number of H-pyrrole nitrogens is 1. The first-order chi connectivity index (χ1) is 15.7. The van der Waals surface area contributed by atoms with Gasteiger partial charge in [0.15, 0.2) is 0 Å². The third-order valence-corrected chi connectivity index (χ3v) is 6.29. The molecule has 0 saturated carbocycles. The van der Waals surface area contributed by atoms with E-state index in [2.05, 4.69) is 39.7 Å². The molecular formula is C25H24ClN5O. The highest BCUT2D eigenvalue weighted by atomic mass is 35.5. The van der Waals surface area contributed by atoms with Crippen molar-refractivity contribution < 1.29 is 4.74 Å².